The van der Waals surface area contributed by atoms with E-state index in [1.807, 2.05) is 48.5 Å². The van der Waals surface area contributed by atoms with Gasteiger partial charge in [0.15, 0.2) is 0 Å². The van der Waals surface area contributed by atoms with E-state index in [1.165, 1.54) is 6.08 Å². The molecule has 0 bridgehead atoms. The maximum absolute atomic E-state index is 12.2. The van der Waals surface area contributed by atoms with Crippen LogP contribution in [-0.4, -0.2) is 19.1 Å². The quantitative estimate of drug-likeness (QED) is 0.328. The number of anilines is 1. The Labute approximate surface area is 167 Å². The Balaban J connectivity index is 1.87. The highest BCUT2D eigenvalue weighted by Gasteiger charge is 2.05. The number of nitrogens with one attached hydrogen (secondary N) is 1. The molecule has 0 radical (unpaired) electrons. The molecule has 0 aliphatic heterocycles. The molecule has 0 unspecified atom stereocenters. The topological polar surface area (TPSA) is 47.6 Å². The molecule has 4 nitrogen and oxygen atoms in total. The Kier molecular flexibility index (Phi) is 9.23. The zero-order chi connectivity index (χ0) is 20.0. The number of carbonyl (C=O) groups is 1. The van der Waals surface area contributed by atoms with Gasteiger partial charge in [0.2, 0.25) is 5.91 Å². The van der Waals surface area contributed by atoms with E-state index in [9.17, 15) is 4.79 Å². The van der Waals surface area contributed by atoms with Crippen molar-refractivity contribution in [3.8, 4) is 23.8 Å². The summed E-state index contributed by atoms with van der Waals surface area (Å²) >= 11 is 0. The van der Waals surface area contributed by atoms with Gasteiger partial charge in [0.25, 0.3) is 0 Å². The van der Waals surface area contributed by atoms with Gasteiger partial charge < -0.3 is 14.8 Å². The minimum absolute atomic E-state index is 0.207. The molecule has 0 saturated heterocycles. The third-order valence-corrected chi connectivity index (χ3v) is 3.94. The Bertz CT molecular complexity index is 803. The third kappa shape index (κ3) is 7.59. The van der Waals surface area contributed by atoms with Crippen LogP contribution < -0.4 is 14.8 Å². The van der Waals surface area contributed by atoms with Gasteiger partial charge >= 0.3 is 0 Å². The van der Waals surface area contributed by atoms with Crippen molar-refractivity contribution in [1.29, 1.82) is 0 Å². The predicted molar refractivity (Wildman–Crippen MR) is 115 cm³/mol. The maximum atomic E-state index is 12.2. The fourth-order valence-corrected chi connectivity index (χ4v) is 2.41. The highest BCUT2D eigenvalue weighted by atomic mass is 16.5. The molecular formula is C24H27NO3. The second-order valence-corrected chi connectivity index (χ2v) is 6.25. The lowest BCUT2D eigenvalue weighted by Gasteiger charge is -2.11. The van der Waals surface area contributed by atoms with E-state index in [4.69, 9.17) is 15.9 Å². The summed E-state index contributed by atoms with van der Waals surface area (Å²) in [6.07, 6.45) is 12.1. The molecule has 2 rings (SSSR count). The van der Waals surface area contributed by atoms with Crippen molar-refractivity contribution in [3.05, 3.63) is 60.2 Å². The SMILES string of the molecule is C#CCCCOc1ccc(/C=C/C(=O)Nc2ccccc2OCCCC)cc1. The van der Waals surface area contributed by atoms with Crippen molar-refractivity contribution in [2.24, 2.45) is 0 Å². The number of para-hydroxylation sites is 2. The number of carbonyl (C=O) groups excluding carboxylic acids is 1. The first-order valence-corrected chi connectivity index (χ1v) is 9.60. The summed E-state index contributed by atoms with van der Waals surface area (Å²) in [5.74, 6) is 3.85. The van der Waals surface area contributed by atoms with Gasteiger partial charge in [0.1, 0.15) is 11.5 Å². The molecule has 0 aliphatic rings. The molecule has 0 saturated carbocycles. The monoisotopic (exact) mass is 377 g/mol. The largest absolute Gasteiger partial charge is 0.494 e. The van der Waals surface area contributed by atoms with E-state index in [0.717, 1.165) is 30.6 Å². The summed E-state index contributed by atoms with van der Waals surface area (Å²) in [6.45, 7) is 3.35. The average Bonchev–Trinajstić information content (AvgIpc) is 2.72. The van der Waals surface area contributed by atoms with Crippen molar-refractivity contribution >= 4 is 17.7 Å². The van der Waals surface area contributed by atoms with Crippen molar-refractivity contribution in [1.82, 2.24) is 0 Å². The molecule has 0 aromatic heterocycles. The second kappa shape index (κ2) is 12.2. The highest BCUT2D eigenvalue weighted by Crippen LogP contribution is 2.24. The van der Waals surface area contributed by atoms with Crippen LogP contribution in [0, 0.1) is 12.3 Å². The van der Waals surface area contributed by atoms with E-state index in [1.54, 1.807) is 6.08 Å². The fraction of sp³-hybridized carbons (Fsp3) is 0.292. The molecule has 28 heavy (non-hydrogen) atoms. The fourth-order valence-electron chi connectivity index (χ4n) is 2.41. The second-order valence-electron chi connectivity index (χ2n) is 6.25. The van der Waals surface area contributed by atoms with Gasteiger partial charge in [-0.25, -0.2) is 0 Å². The van der Waals surface area contributed by atoms with E-state index < -0.39 is 0 Å². The third-order valence-electron chi connectivity index (χ3n) is 3.94. The smallest absolute Gasteiger partial charge is 0.248 e. The number of amides is 1. The summed E-state index contributed by atoms with van der Waals surface area (Å²) in [4.78, 5) is 12.2. The Morgan fingerprint density at radius 1 is 1.07 bits per heavy atom. The van der Waals surface area contributed by atoms with Gasteiger partial charge in [0.05, 0.1) is 18.9 Å². The van der Waals surface area contributed by atoms with Crippen molar-refractivity contribution in [3.63, 3.8) is 0 Å². The molecule has 1 amide bonds. The standard InChI is InChI=1S/C24H27NO3/c1-3-5-9-19-27-21-15-12-20(13-16-21)14-17-24(26)25-22-10-7-8-11-23(22)28-18-6-4-2/h1,7-8,10-17H,4-6,9,18-19H2,2H3,(H,25,26)/b17-14+. The molecule has 1 N–H and O–H groups in total. The molecule has 0 atom stereocenters. The molecular weight excluding hydrogens is 350 g/mol. The first-order valence-electron chi connectivity index (χ1n) is 9.60. The minimum Gasteiger partial charge on any atom is -0.494 e. The number of benzene rings is 2. The first kappa shape index (κ1) is 21.1. The lowest BCUT2D eigenvalue weighted by molar-refractivity contribution is -0.111. The van der Waals surface area contributed by atoms with Crippen LogP contribution in [0.25, 0.3) is 6.08 Å². The normalized spacial score (nSPS) is 10.4. The summed E-state index contributed by atoms with van der Waals surface area (Å²) in [5.41, 5.74) is 1.59. The van der Waals surface area contributed by atoms with Crippen LogP contribution >= 0.6 is 0 Å². The summed E-state index contributed by atoms with van der Waals surface area (Å²) < 4.78 is 11.3. The molecule has 2 aromatic carbocycles. The van der Waals surface area contributed by atoms with Gasteiger partial charge in [-0.05, 0) is 48.7 Å². The molecule has 0 aliphatic carbocycles. The van der Waals surface area contributed by atoms with Crippen molar-refractivity contribution in [2.75, 3.05) is 18.5 Å². The average molecular weight is 377 g/mol. The highest BCUT2D eigenvalue weighted by molar-refractivity contribution is 6.02. The maximum Gasteiger partial charge on any atom is 0.248 e. The number of hydrogen-bond donors (Lipinski definition) is 1. The number of terminal acetylenes is 1. The minimum atomic E-state index is -0.207. The Morgan fingerprint density at radius 2 is 1.82 bits per heavy atom. The molecule has 0 heterocycles. The molecule has 4 heteroatoms. The van der Waals surface area contributed by atoms with Crippen LogP contribution in [-0.2, 0) is 4.79 Å². The number of rotatable bonds is 11. The van der Waals surface area contributed by atoms with Gasteiger partial charge in [-0.1, -0.05) is 37.6 Å². The number of ether oxygens (including phenoxy) is 2. The number of unbranched alkanes of at least 4 members (excludes halogenated alkanes) is 2. The Hall–Kier alpha value is -3.19. The van der Waals surface area contributed by atoms with Crippen LogP contribution in [0.1, 0.15) is 38.2 Å². The zero-order valence-corrected chi connectivity index (χ0v) is 16.3. The molecule has 2 aromatic rings. The lowest BCUT2D eigenvalue weighted by Crippen LogP contribution is -2.09. The van der Waals surface area contributed by atoms with Crippen LogP contribution in [0.2, 0.25) is 0 Å². The van der Waals surface area contributed by atoms with Crippen LogP contribution in [0.3, 0.4) is 0 Å². The molecule has 0 spiro atoms. The summed E-state index contributed by atoms with van der Waals surface area (Å²) in [5, 5.41) is 2.87. The van der Waals surface area contributed by atoms with Gasteiger partial charge in [-0.3, -0.25) is 4.79 Å². The van der Waals surface area contributed by atoms with E-state index in [0.29, 0.717) is 31.1 Å². The van der Waals surface area contributed by atoms with E-state index >= 15 is 0 Å². The van der Waals surface area contributed by atoms with Crippen LogP contribution in [0.4, 0.5) is 5.69 Å². The van der Waals surface area contributed by atoms with Gasteiger partial charge in [-0.15, -0.1) is 12.3 Å². The van der Waals surface area contributed by atoms with Crippen LogP contribution in [0.15, 0.2) is 54.6 Å². The van der Waals surface area contributed by atoms with Gasteiger partial charge in [-0.2, -0.15) is 0 Å². The van der Waals surface area contributed by atoms with E-state index in [2.05, 4.69) is 18.2 Å². The summed E-state index contributed by atoms with van der Waals surface area (Å²) in [6, 6.07) is 15.0. The summed E-state index contributed by atoms with van der Waals surface area (Å²) in [7, 11) is 0. The van der Waals surface area contributed by atoms with Crippen molar-refractivity contribution in [2.45, 2.75) is 32.6 Å². The first-order chi connectivity index (χ1) is 13.7. The predicted octanol–water partition coefficient (Wildman–Crippen LogP) is 5.31. The lowest BCUT2D eigenvalue weighted by atomic mass is 10.2. The Morgan fingerprint density at radius 3 is 2.57 bits per heavy atom. The molecule has 0 fully saturated rings. The zero-order valence-electron chi connectivity index (χ0n) is 16.3. The molecule has 146 valence electrons. The van der Waals surface area contributed by atoms with Crippen molar-refractivity contribution < 1.29 is 14.3 Å². The van der Waals surface area contributed by atoms with Crippen LogP contribution in [0.5, 0.6) is 11.5 Å². The van der Waals surface area contributed by atoms with Gasteiger partial charge in [0, 0.05) is 12.5 Å². The number of hydrogen-bond acceptors (Lipinski definition) is 3. The van der Waals surface area contributed by atoms with E-state index in [-0.39, 0.29) is 5.91 Å².